The first-order valence-corrected chi connectivity index (χ1v) is 7.99. The van der Waals surface area contributed by atoms with Crippen LogP contribution in [0.5, 0.6) is 0 Å². The Kier molecular flexibility index (Phi) is 7.06. The van der Waals surface area contributed by atoms with Crippen LogP contribution in [0.15, 0.2) is 0 Å². The lowest BCUT2D eigenvalue weighted by Gasteiger charge is -2.26. The Morgan fingerprint density at radius 3 is 2.42 bits per heavy atom. The average Bonchev–Trinajstić information content (AvgIpc) is 2.35. The summed E-state index contributed by atoms with van der Waals surface area (Å²) in [5.74, 6) is 1.78. The van der Waals surface area contributed by atoms with Crippen LogP contribution in [0.1, 0.15) is 72.6 Å². The number of carbonyl (C=O) groups excluding carboxylic acids is 1. The van der Waals surface area contributed by atoms with Gasteiger partial charge in [0.2, 0.25) is 0 Å². The minimum absolute atomic E-state index is 0.248. The second-order valence-corrected chi connectivity index (χ2v) is 7.31. The fourth-order valence-corrected chi connectivity index (χ4v) is 2.54. The van der Waals surface area contributed by atoms with Crippen molar-refractivity contribution in [2.75, 3.05) is 13.2 Å². The SMILES string of the molecule is CC(CC(=O)CCCCC1CCOCC1)C(C)(C)C. The molecule has 0 saturated carbocycles. The molecule has 19 heavy (non-hydrogen) atoms. The maximum Gasteiger partial charge on any atom is 0.133 e. The van der Waals surface area contributed by atoms with Gasteiger partial charge in [0.05, 0.1) is 0 Å². The molecule has 1 aliphatic heterocycles. The van der Waals surface area contributed by atoms with Crippen molar-refractivity contribution < 1.29 is 9.53 Å². The Morgan fingerprint density at radius 1 is 1.21 bits per heavy atom. The molecule has 1 fully saturated rings. The number of hydrogen-bond donors (Lipinski definition) is 0. The number of Topliss-reactive ketones (excluding diaryl/α,β-unsaturated/α-hetero) is 1. The molecule has 0 N–H and O–H groups in total. The van der Waals surface area contributed by atoms with Crippen LogP contribution in [0.25, 0.3) is 0 Å². The van der Waals surface area contributed by atoms with Crippen molar-refractivity contribution in [2.24, 2.45) is 17.3 Å². The summed E-state index contributed by atoms with van der Waals surface area (Å²) in [6.45, 7) is 10.7. The topological polar surface area (TPSA) is 26.3 Å². The van der Waals surface area contributed by atoms with Gasteiger partial charge in [0.25, 0.3) is 0 Å². The van der Waals surface area contributed by atoms with Crippen molar-refractivity contribution >= 4 is 5.78 Å². The molecule has 0 amide bonds. The predicted octanol–water partition coefficient (Wildman–Crippen LogP) is 4.61. The Bertz CT molecular complexity index is 259. The monoisotopic (exact) mass is 268 g/mol. The number of hydrogen-bond acceptors (Lipinski definition) is 2. The van der Waals surface area contributed by atoms with Crippen molar-refractivity contribution in [3.05, 3.63) is 0 Å². The highest BCUT2D eigenvalue weighted by atomic mass is 16.5. The van der Waals surface area contributed by atoms with E-state index >= 15 is 0 Å². The van der Waals surface area contributed by atoms with Gasteiger partial charge in [0, 0.05) is 26.1 Å². The van der Waals surface area contributed by atoms with E-state index in [0.717, 1.165) is 38.4 Å². The quantitative estimate of drug-likeness (QED) is 0.630. The third-order valence-electron chi connectivity index (χ3n) is 4.67. The number of ketones is 1. The Morgan fingerprint density at radius 2 is 1.84 bits per heavy atom. The van der Waals surface area contributed by atoms with E-state index in [0.29, 0.717) is 11.7 Å². The second kappa shape index (κ2) is 8.04. The van der Waals surface area contributed by atoms with Crippen LogP contribution in [0, 0.1) is 17.3 Å². The molecule has 0 aromatic rings. The minimum Gasteiger partial charge on any atom is -0.381 e. The first kappa shape index (κ1) is 16.7. The molecule has 1 heterocycles. The van der Waals surface area contributed by atoms with Gasteiger partial charge >= 0.3 is 0 Å². The predicted molar refractivity (Wildman–Crippen MR) is 80.3 cm³/mol. The minimum atomic E-state index is 0.248. The summed E-state index contributed by atoms with van der Waals surface area (Å²) in [6, 6.07) is 0. The van der Waals surface area contributed by atoms with Crippen molar-refractivity contribution in [3.63, 3.8) is 0 Å². The van der Waals surface area contributed by atoms with Gasteiger partial charge in [-0.1, -0.05) is 40.5 Å². The van der Waals surface area contributed by atoms with E-state index in [-0.39, 0.29) is 5.41 Å². The summed E-state index contributed by atoms with van der Waals surface area (Å²) in [6.07, 6.45) is 7.53. The molecule has 0 aromatic carbocycles. The van der Waals surface area contributed by atoms with Crippen molar-refractivity contribution in [2.45, 2.75) is 72.6 Å². The van der Waals surface area contributed by atoms with Crippen LogP contribution >= 0.6 is 0 Å². The second-order valence-electron chi connectivity index (χ2n) is 7.31. The molecule has 1 atom stereocenters. The summed E-state index contributed by atoms with van der Waals surface area (Å²) in [4.78, 5) is 11.9. The van der Waals surface area contributed by atoms with Crippen molar-refractivity contribution in [1.82, 2.24) is 0 Å². The molecule has 2 nitrogen and oxygen atoms in total. The Labute approximate surface area is 119 Å². The van der Waals surface area contributed by atoms with Gasteiger partial charge in [-0.15, -0.1) is 0 Å². The lowest BCUT2D eigenvalue weighted by molar-refractivity contribution is -0.120. The number of carbonyl (C=O) groups is 1. The molecular formula is C17H32O2. The summed E-state index contributed by atoms with van der Waals surface area (Å²) >= 11 is 0. The molecule has 1 aliphatic rings. The fourth-order valence-electron chi connectivity index (χ4n) is 2.54. The van der Waals surface area contributed by atoms with Gasteiger partial charge in [-0.2, -0.15) is 0 Å². The summed E-state index contributed by atoms with van der Waals surface area (Å²) < 4.78 is 5.37. The molecule has 2 heteroatoms. The number of ether oxygens (including phenoxy) is 1. The first-order chi connectivity index (χ1) is 8.89. The Balaban J connectivity index is 2.07. The van der Waals surface area contributed by atoms with Gasteiger partial charge in [0.1, 0.15) is 5.78 Å². The van der Waals surface area contributed by atoms with E-state index < -0.39 is 0 Å². The molecule has 0 aromatic heterocycles. The largest absolute Gasteiger partial charge is 0.381 e. The number of rotatable bonds is 7. The maximum atomic E-state index is 11.9. The van der Waals surface area contributed by atoms with Crippen LogP contribution in [-0.2, 0) is 9.53 Å². The molecule has 1 rings (SSSR count). The molecule has 1 saturated heterocycles. The third kappa shape index (κ3) is 7.10. The van der Waals surface area contributed by atoms with Gasteiger partial charge in [-0.05, 0) is 36.5 Å². The molecule has 0 radical (unpaired) electrons. The van der Waals surface area contributed by atoms with Gasteiger partial charge in [-0.3, -0.25) is 4.79 Å². The zero-order valence-electron chi connectivity index (χ0n) is 13.3. The highest BCUT2D eigenvalue weighted by molar-refractivity contribution is 5.78. The normalized spacial score (nSPS) is 19.4. The van der Waals surface area contributed by atoms with Gasteiger partial charge in [-0.25, -0.2) is 0 Å². The lowest BCUT2D eigenvalue weighted by atomic mass is 9.79. The van der Waals surface area contributed by atoms with E-state index in [2.05, 4.69) is 27.7 Å². The van der Waals surface area contributed by atoms with E-state index in [1.165, 1.54) is 25.7 Å². The molecular weight excluding hydrogens is 236 g/mol. The summed E-state index contributed by atoms with van der Waals surface area (Å²) in [7, 11) is 0. The molecule has 0 spiro atoms. The van der Waals surface area contributed by atoms with Crippen LogP contribution < -0.4 is 0 Å². The lowest BCUT2D eigenvalue weighted by Crippen LogP contribution is -2.20. The van der Waals surface area contributed by atoms with Crippen LogP contribution in [0.2, 0.25) is 0 Å². The Hall–Kier alpha value is -0.370. The molecule has 112 valence electrons. The van der Waals surface area contributed by atoms with Crippen LogP contribution in [-0.4, -0.2) is 19.0 Å². The summed E-state index contributed by atoms with van der Waals surface area (Å²) in [5.41, 5.74) is 0.248. The zero-order valence-corrected chi connectivity index (χ0v) is 13.3. The van der Waals surface area contributed by atoms with E-state index in [4.69, 9.17) is 4.74 Å². The summed E-state index contributed by atoms with van der Waals surface area (Å²) in [5, 5.41) is 0. The smallest absolute Gasteiger partial charge is 0.133 e. The molecule has 0 aliphatic carbocycles. The third-order valence-corrected chi connectivity index (χ3v) is 4.67. The first-order valence-electron chi connectivity index (χ1n) is 7.99. The standard InChI is InChI=1S/C17H32O2/c1-14(17(2,3)4)13-16(18)8-6-5-7-15-9-11-19-12-10-15/h14-15H,5-13H2,1-4H3. The van der Waals surface area contributed by atoms with Crippen LogP contribution in [0.3, 0.4) is 0 Å². The highest BCUT2D eigenvalue weighted by Gasteiger charge is 2.22. The van der Waals surface area contributed by atoms with Crippen molar-refractivity contribution in [3.8, 4) is 0 Å². The molecule has 1 unspecified atom stereocenters. The van der Waals surface area contributed by atoms with Gasteiger partial charge in [0.15, 0.2) is 0 Å². The number of unbranched alkanes of at least 4 members (excludes halogenated alkanes) is 1. The highest BCUT2D eigenvalue weighted by Crippen LogP contribution is 2.29. The van der Waals surface area contributed by atoms with E-state index in [1.54, 1.807) is 0 Å². The van der Waals surface area contributed by atoms with Crippen molar-refractivity contribution in [1.29, 1.82) is 0 Å². The fraction of sp³-hybridized carbons (Fsp3) is 0.941. The van der Waals surface area contributed by atoms with Crippen LogP contribution in [0.4, 0.5) is 0 Å². The van der Waals surface area contributed by atoms with E-state index in [9.17, 15) is 4.79 Å². The van der Waals surface area contributed by atoms with Gasteiger partial charge < -0.3 is 4.74 Å². The zero-order chi connectivity index (χ0) is 14.3. The maximum absolute atomic E-state index is 11.9. The molecule has 0 bridgehead atoms. The van der Waals surface area contributed by atoms with E-state index in [1.807, 2.05) is 0 Å². The average molecular weight is 268 g/mol.